The Morgan fingerprint density at radius 2 is 1.89 bits per heavy atom. The number of aromatic nitrogens is 6. The van der Waals surface area contributed by atoms with Crippen molar-refractivity contribution in [1.82, 2.24) is 29.7 Å². The molecule has 14 heteroatoms. The lowest BCUT2D eigenvalue weighted by atomic mass is 10.0. The summed E-state index contributed by atoms with van der Waals surface area (Å²) in [5.41, 5.74) is 7.67. The van der Waals surface area contributed by atoms with E-state index in [1.807, 2.05) is 30.1 Å². The Labute approximate surface area is 267 Å². The third-order valence-corrected chi connectivity index (χ3v) is 8.42. The second-order valence-electron chi connectivity index (χ2n) is 10.9. The Morgan fingerprint density at radius 3 is 2.66 bits per heavy atom. The predicted molar refractivity (Wildman–Crippen MR) is 179 cm³/mol. The number of hydrogen-bond donors (Lipinski definition) is 3. The van der Waals surface area contributed by atoms with Crippen molar-refractivity contribution in [3.05, 3.63) is 59.2 Å². The number of ether oxygens (including phenoxy) is 1. The van der Waals surface area contributed by atoms with Crippen LogP contribution in [-0.2, 0) is 24.8 Å². The van der Waals surface area contributed by atoms with Gasteiger partial charge in [-0.15, -0.1) is 0 Å². The molecule has 0 radical (unpaired) electrons. The van der Waals surface area contributed by atoms with Gasteiger partial charge in [0.05, 0.1) is 46.0 Å². The highest BCUT2D eigenvalue weighted by Gasteiger charge is 2.26. The average Bonchev–Trinajstić information content (AvgIpc) is 3.29. The molecule has 5 aromatic rings. The van der Waals surface area contributed by atoms with E-state index >= 15 is 0 Å². The van der Waals surface area contributed by atoms with Gasteiger partial charge in [-0.05, 0) is 40.0 Å². The summed E-state index contributed by atoms with van der Waals surface area (Å²) in [4.78, 5) is 20.5. The lowest BCUT2D eigenvalue weighted by Crippen LogP contribution is -2.29. The molecule has 0 bridgehead atoms. The van der Waals surface area contributed by atoms with Gasteiger partial charge in [-0.2, -0.15) is 10.1 Å². The number of nitrogens with zero attached hydrogens (tertiary/aromatic N) is 7. The van der Waals surface area contributed by atoms with Crippen LogP contribution in [0.2, 0.25) is 0 Å². The molecule has 6 rings (SSSR count). The maximum atomic E-state index is 12.2. The molecule has 0 fully saturated rings. The minimum Gasteiger partial charge on any atom is -0.593 e. The highest BCUT2D eigenvalue weighted by Crippen LogP contribution is 2.43. The first kappa shape index (κ1) is 29.9. The number of benzene rings is 2. The van der Waals surface area contributed by atoms with Crippen LogP contribution in [0.1, 0.15) is 19.5 Å². The third-order valence-electron chi connectivity index (χ3n) is 7.34. The van der Waals surface area contributed by atoms with E-state index < -0.39 is 11.4 Å². The van der Waals surface area contributed by atoms with Gasteiger partial charge in [-0.25, -0.2) is 9.71 Å². The van der Waals surface area contributed by atoms with Crippen molar-refractivity contribution in [3.63, 3.8) is 0 Å². The van der Waals surface area contributed by atoms with Gasteiger partial charge >= 0.3 is 0 Å². The number of anilines is 6. The molecule has 0 saturated carbocycles. The zero-order chi connectivity index (χ0) is 31.0. The van der Waals surface area contributed by atoms with Crippen LogP contribution in [0.3, 0.4) is 0 Å². The van der Waals surface area contributed by atoms with E-state index in [2.05, 4.69) is 82.2 Å². The molecule has 4 heterocycles. The second-order valence-corrected chi connectivity index (χ2v) is 12.9. The summed E-state index contributed by atoms with van der Waals surface area (Å²) in [5.74, 6) is 2.04. The second kappa shape index (κ2) is 12.5. The molecule has 1 aliphatic rings. The molecule has 44 heavy (non-hydrogen) atoms. The molecule has 0 spiro atoms. The fourth-order valence-electron chi connectivity index (χ4n) is 5.44. The fourth-order valence-corrected chi connectivity index (χ4v) is 6.22. The minimum absolute atomic E-state index is 0.363. The Hall–Kier alpha value is -4.14. The van der Waals surface area contributed by atoms with Crippen LogP contribution in [0.4, 0.5) is 34.5 Å². The summed E-state index contributed by atoms with van der Waals surface area (Å²) in [6, 6.07) is 7.86. The van der Waals surface area contributed by atoms with E-state index in [0.717, 1.165) is 42.0 Å². The monoisotopic (exact) mass is 676 g/mol. The summed E-state index contributed by atoms with van der Waals surface area (Å²) >= 11 is 2.23. The topological polar surface area (TPSA) is 141 Å². The van der Waals surface area contributed by atoms with Gasteiger partial charge in [0.15, 0.2) is 0 Å². The summed E-state index contributed by atoms with van der Waals surface area (Å²) in [6.07, 6.45) is 9.28. The molecule has 0 aliphatic carbocycles. The number of fused-ring (bicyclic) bond motifs is 4. The summed E-state index contributed by atoms with van der Waals surface area (Å²) in [6.45, 7) is 6.28. The molecular formula is C30H33BrN10O2S. The summed E-state index contributed by atoms with van der Waals surface area (Å²) < 4.78 is 23.6. The highest BCUT2D eigenvalue weighted by molar-refractivity contribution is 9.10. The molecule has 1 atom stereocenters. The van der Waals surface area contributed by atoms with Crippen LogP contribution in [0.5, 0.6) is 5.75 Å². The predicted octanol–water partition coefficient (Wildman–Crippen LogP) is 5.80. The molecule has 228 valence electrons. The van der Waals surface area contributed by atoms with Crippen LogP contribution in [0.15, 0.2) is 53.5 Å². The molecule has 3 aromatic heterocycles. The number of methoxy groups -OCH3 is 1. The van der Waals surface area contributed by atoms with Gasteiger partial charge in [0.25, 0.3) is 0 Å². The molecule has 1 aliphatic heterocycles. The highest BCUT2D eigenvalue weighted by atomic mass is 79.9. The maximum absolute atomic E-state index is 12.2. The standard InChI is InChI=1S/C30H33BrN10O2S/c1-17(2)16-41-11-8-24-19(14-35-40(24)3)18-12-23(26(43-4)13-25(18)41)37-30-34-15-20(31)29(38-30)36-22-7-6-21-27(33-10-9-32-21)28(22)39-44(5)42/h6-7,9-10,12-15,17,39H,8,11,16H2,1-5H3,(H2,34,36,37,38). The molecule has 0 saturated heterocycles. The van der Waals surface area contributed by atoms with E-state index in [1.165, 1.54) is 5.69 Å². The lowest BCUT2D eigenvalue weighted by Gasteiger charge is -2.28. The first-order valence-electron chi connectivity index (χ1n) is 14.1. The van der Waals surface area contributed by atoms with E-state index in [9.17, 15) is 4.55 Å². The zero-order valence-electron chi connectivity index (χ0n) is 25.1. The number of hydrogen-bond acceptors (Lipinski definition) is 11. The smallest absolute Gasteiger partial charge is 0.229 e. The normalized spacial score (nSPS) is 13.3. The van der Waals surface area contributed by atoms with Crippen LogP contribution >= 0.6 is 15.9 Å². The fraction of sp³-hybridized carbons (Fsp3) is 0.300. The number of aryl methyl sites for hydroxylation is 1. The first-order valence-corrected chi connectivity index (χ1v) is 16.5. The molecule has 0 amide bonds. The average molecular weight is 678 g/mol. The number of halogens is 1. The van der Waals surface area contributed by atoms with E-state index in [0.29, 0.717) is 50.3 Å². The first-order chi connectivity index (χ1) is 21.2. The van der Waals surface area contributed by atoms with Gasteiger partial charge in [-0.1, -0.05) is 13.8 Å². The Kier molecular flexibility index (Phi) is 8.47. The maximum Gasteiger partial charge on any atom is 0.229 e. The van der Waals surface area contributed by atoms with Gasteiger partial charge in [0.1, 0.15) is 29.0 Å². The zero-order valence-corrected chi connectivity index (χ0v) is 27.5. The Bertz CT molecular complexity index is 1830. The molecule has 12 nitrogen and oxygen atoms in total. The van der Waals surface area contributed by atoms with E-state index in [1.54, 1.807) is 32.0 Å². The van der Waals surface area contributed by atoms with Crippen LogP contribution in [-0.4, -0.2) is 60.7 Å². The number of rotatable bonds is 9. The van der Waals surface area contributed by atoms with Gasteiger partial charge < -0.3 is 24.8 Å². The Balaban J connectivity index is 1.38. The largest absolute Gasteiger partial charge is 0.593 e. The van der Waals surface area contributed by atoms with Gasteiger partial charge in [0.2, 0.25) is 5.95 Å². The quantitative estimate of drug-likeness (QED) is 0.163. The molecule has 3 N–H and O–H groups in total. The summed E-state index contributed by atoms with van der Waals surface area (Å²) in [7, 11) is 3.65. The van der Waals surface area contributed by atoms with Crippen LogP contribution in [0.25, 0.3) is 22.2 Å². The van der Waals surface area contributed by atoms with Gasteiger partial charge in [0, 0.05) is 73.7 Å². The minimum atomic E-state index is -1.34. The Morgan fingerprint density at radius 1 is 1.07 bits per heavy atom. The van der Waals surface area contributed by atoms with Crippen LogP contribution < -0.4 is 25.0 Å². The van der Waals surface area contributed by atoms with E-state index in [4.69, 9.17) is 9.72 Å². The van der Waals surface area contributed by atoms with Crippen LogP contribution in [0, 0.1) is 5.92 Å². The summed E-state index contributed by atoms with van der Waals surface area (Å²) in [5, 5.41) is 11.3. The van der Waals surface area contributed by atoms with Crippen molar-refractivity contribution in [2.75, 3.05) is 46.7 Å². The number of nitrogens with one attached hydrogen (secondary N) is 3. The van der Waals surface area contributed by atoms with Crippen molar-refractivity contribution in [2.45, 2.75) is 20.3 Å². The van der Waals surface area contributed by atoms with Crippen molar-refractivity contribution in [2.24, 2.45) is 13.0 Å². The van der Waals surface area contributed by atoms with Crippen molar-refractivity contribution >= 4 is 72.8 Å². The van der Waals surface area contributed by atoms with Crippen molar-refractivity contribution < 1.29 is 9.29 Å². The van der Waals surface area contributed by atoms with Gasteiger partial charge in [-0.3, -0.25) is 14.6 Å². The molecule has 2 aromatic carbocycles. The van der Waals surface area contributed by atoms with Crippen molar-refractivity contribution in [3.8, 4) is 16.9 Å². The SMILES string of the molecule is COc1cc2c(cc1Nc1ncc(Br)c(Nc3ccc4nccnc4c3N[S+](C)[O-])n1)-c1cnn(C)c1CCN2CC(C)C. The van der Waals surface area contributed by atoms with E-state index in [-0.39, 0.29) is 0 Å². The molecular weight excluding hydrogens is 644 g/mol. The lowest BCUT2D eigenvalue weighted by molar-refractivity contribution is 0.416. The van der Waals surface area contributed by atoms with Crippen molar-refractivity contribution in [1.29, 1.82) is 0 Å². The molecule has 1 unspecified atom stereocenters. The third kappa shape index (κ3) is 5.97.